The zero-order valence-corrected chi connectivity index (χ0v) is 9.24. The summed E-state index contributed by atoms with van der Waals surface area (Å²) in [6.45, 7) is 4.42. The van der Waals surface area contributed by atoms with Crippen LogP contribution in [0.4, 0.5) is 0 Å². The van der Waals surface area contributed by atoms with E-state index in [9.17, 15) is 0 Å². The minimum absolute atomic E-state index is 1.15. The third kappa shape index (κ3) is 1.86. The molecule has 1 rings (SSSR count). The summed E-state index contributed by atoms with van der Waals surface area (Å²) >= 11 is 2.22. The molecule has 0 aliphatic rings. The molecule has 0 atom stereocenters. The minimum atomic E-state index is 1.15. The molecule has 1 aromatic rings. The van der Waals surface area contributed by atoms with E-state index < -0.39 is 0 Å². The molecule has 0 heterocycles. The Hall–Kier alpha value is -0.237. The number of hydrogen-bond donors (Lipinski definition) is 0. The monoisotopic (exact) mass is 207 g/mol. The molecule has 0 spiro atoms. The van der Waals surface area contributed by atoms with Gasteiger partial charge in [-0.2, -0.15) is 0 Å². The number of benzene rings is 1. The van der Waals surface area contributed by atoms with Gasteiger partial charge < -0.3 is 0 Å². The summed E-state index contributed by atoms with van der Waals surface area (Å²) in [6, 6.07) is 6.59. The van der Waals surface area contributed by atoms with Gasteiger partial charge in [0.1, 0.15) is 0 Å². The van der Waals surface area contributed by atoms with Crippen LogP contribution in [0, 0.1) is 0 Å². The fraction of sp³-hybridized carbons (Fsp3) is 0.400. The molecular formula is C10H13Ge. The predicted octanol–water partition coefficient (Wildman–Crippen LogP) is 1.61. The van der Waals surface area contributed by atoms with Crippen molar-refractivity contribution in [1.82, 2.24) is 0 Å². The molecule has 3 radical (unpaired) electrons. The third-order valence-corrected chi connectivity index (χ3v) is 3.35. The van der Waals surface area contributed by atoms with Crippen LogP contribution in [0.15, 0.2) is 18.2 Å². The molecule has 11 heavy (non-hydrogen) atoms. The Bertz CT molecular complexity index is 218. The van der Waals surface area contributed by atoms with Gasteiger partial charge in [-0.1, -0.05) is 0 Å². The van der Waals surface area contributed by atoms with E-state index in [4.69, 9.17) is 0 Å². The maximum absolute atomic E-state index is 2.22. The second kappa shape index (κ2) is 3.96. The van der Waals surface area contributed by atoms with Crippen molar-refractivity contribution >= 4 is 20.9 Å². The summed E-state index contributed by atoms with van der Waals surface area (Å²) in [4.78, 5) is 0. The maximum atomic E-state index is 2.22. The van der Waals surface area contributed by atoms with Crippen LogP contribution in [0.1, 0.15) is 25.0 Å². The molecule has 0 unspecified atom stereocenters. The van der Waals surface area contributed by atoms with Gasteiger partial charge in [-0.25, -0.2) is 0 Å². The molecular weight excluding hydrogens is 193 g/mol. The summed E-state index contributed by atoms with van der Waals surface area (Å²) < 4.78 is 1.48. The Labute approximate surface area is 77.2 Å². The Balaban J connectivity index is 3.10. The summed E-state index contributed by atoms with van der Waals surface area (Å²) in [5.41, 5.74) is 2.98. The molecule has 1 heteroatoms. The van der Waals surface area contributed by atoms with Gasteiger partial charge in [0.05, 0.1) is 0 Å². The van der Waals surface area contributed by atoms with E-state index in [0.717, 1.165) is 12.8 Å². The van der Waals surface area contributed by atoms with Crippen LogP contribution >= 0.6 is 0 Å². The summed E-state index contributed by atoms with van der Waals surface area (Å²) in [5, 5.41) is 0. The fourth-order valence-corrected chi connectivity index (χ4v) is 2.33. The SMILES string of the molecule is CCc1cccc(CC)[c]1[Ge]. The van der Waals surface area contributed by atoms with Gasteiger partial charge in [-0.3, -0.25) is 0 Å². The van der Waals surface area contributed by atoms with Crippen LogP contribution < -0.4 is 4.40 Å². The van der Waals surface area contributed by atoms with Crippen LogP contribution in [0.25, 0.3) is 0 Å². The van der Waals surface area contributed by atoms with Crippen molar-refractivity contribution < 1.29 is 0 Å². The first-order valence-electron chi connectivity index (χ1n) is 4.12. The van der Waals surface area contributed by atoms with Crippen molar-refractivity contribution in [3.05, 3.63) is 29.3 Å². The van der Waals surface area contributed by atoms with E-state index in [1.54, 1.807) is 0 Å². The van der Waals surface area contributed by atoms with E-state index in [1.807, 2.05) is 0 Å². The average Bonchev–Trinajstić information content (AvgIpc) is 2.05. The van der Waals surface area contributed by atoms with Crippen molar-refractivity contribution in [3.8, 4) is 0 Å². The average molecular weight is 206 g/mol. The molecule has 0 aromatic heterocycles. The van der Waals surface area contributed by atoms with Crippen LogP contribution in [0.3, 0.4) is 0 Å². The molecule has 0 saturated carbocycles. The standard InChI is InChI=1S/C10H13Ge/c1-3-8-6-5-7-9(4-2)10(8)11/h5-7H,3-4H2,1-2H3. The molecule has 57 valence electrons. The van der Waals surface area contributed by atoms with E-state index in [-0.39, 0.29) is 0 Å². The Morgan fingerprint density at radius 2 is 1.55 bits per heavy atom. The quantitative estimate of drug-likeness (QED) is 0.644. The predicted molar refractivity (Wildman–Crippen MR) is 50.6 cm³/mol. The number of aryl methyl sites for hydroxylation is 2. The first-order valence-corrected chi connectivity index (χ1v) is 5.16. The molecule has 0 N–H and O–H groups in total. The van der Waals surface area contributed by atoms with Gasteiger partial charge in [-0.05, 0) is 0 Å². The third-order valence-electron chi connectivity index (χ3n) is 2.00. The van der Waals surface area contributed by atoms with Crippen LogP contribution in [0.2, 0.25) is 0 Å². The van der Waals surface area contributed by atoms with Crippen molar-refractivity contribution in [2.75, 3.05) is 0 Å². The molecule has 0 aliphatic carbocycles. The van der Waals surface area contributed by atoms with Crippen molar-refractivity contribution in [2.45, 2.75) is 26.7 Å². The zero-order valence-electron chi connectivity index (χ0n) is 7.15. The van der Waals surface area contributed by atoms with Gasteiger partial charge in [0.15, 0.2) is 0 Å². The topological polar surface area (TPSA) is 0 Å². The summed E-state index contributed by atoms with van der Waals surface area (Å²) in [7, 11) is 0. The van der Waals surface area contributed by atoms with Crippen LogP contribution in [0.5, 0.6) is 0 Å². The number of hydrogen-bond acceptors (Lipinski definition) is 0. The second-order valence-corrected chi connectivity index (χ2v) is 3.71. The van der Waals surface area contributed by atoms with E-state index >= 15 is 0 Å². The Kier molecular flexibility index (Phi) is 3.19. The Morgan fingerprint density at radius 1 is 1.09 bits per heavy atom. The summed E-state index contributed by atoms with van der Waals surface area (Å²) in [6.07, 6.45) is 2.30. The van der Waals surface area contributed by atoms with Gasteiger partial charge in [0.2, 0.25) is 0 Å². The van der Waals surface area contributed by atoms with Gasteiger partial charge in [0.25, 0.3) is 0 Å². The molecule has 0 aliphatic heterocycles. The van der Waals surface area contributed by atoms with Gasteiger partial charge in [-0.15, -0.1) is 0 Å². The Morgan fingerprint density at radius 3 is 1.91 bits per heavy atom. The first-order chi connectivity index (χ1) is 5.29. The second-order valence-electron chi connectivity index (χ2n) is 2.66. The van der Waals surface area contributed by atoms with Crippen molar-refractivity contribution in [1.29, 1.82) is 0 Å². The molecule has 0 nitrogen and oxygen atoms in total. The summed E-state index contributed by atoms with van der Waals surface area (Å²) in [5.74, 6) is 0. The normalized spacial score (nSPS) is 10.1. The van der Waals surface area contributed by atoms with Gasteiger partial charge in [0, 0.05) is 0 Å². The van der Waals surface area contributed by atoms with Crippen LogP contribution in [-0.4, -0.2) is 16.5 Å². The zero-order chi connectivity index (χ0) is 8.27. The molecule has 1 aromatic carbocycles. The molecule has 0 amide bonds. The van der Waals surface area contributed by atoms with Crippen molar-refractivity contribution in [3.63, 3.8) is 0 Å². The molecule has 0 saturated heterocycles. The number of rotatable bonds is 2. The molecule has 0 bridgehead atoms. The van der Waals surface area contributed by atoms with Crippen molar-refractivity contribution in [2.24, 2.45) is 0 Å². The first kappa shape index (κ1) is 8.86. The van der Waals surface area contributed by atoms with Gasteiger partial charge >= 0.3 is 76.9 Å². The van der Waals surface area contributed by atoms with Crippen LogP contribution in [-0.2, 0) is 12.8 Å². The van der Waals surface area contributed by atoms with E-state index in [2.05, 4.69) is 48.6 Å². The van der Waals surface area contributed by atoms with E-state index in [1.165, 1.54) is 15.5 Å². The van der Waals surface area contributed by atoms with E-state index in [0.29, 0.717) is 0 Å². The molecule has 0 fully saturated rings. The fourth-order valence-electron chi connectivity index (χ4n) is 1.24.